The first-order chi connectivity index (χ1) is 12.4. The van der Waals surface area contributed by atoms with Gasteiger partial charge in [0, 0.05) is 7.11 Å². The molecule has 0 bridgehead atoms. The van der Waals surface area contributed by atoms with Gasteiger partial charge < -0.3 is 4.74 Å². The topological polar surface area (TPSA) is 9.23 Å². The van der Waals surface area contributed by atoms with Gasteiger partial charge in [0.25, 0.3) is 0 Å². The molecule has 0 amide bonds. The minimum absolute atomic E-state index is 0.109. The lowest BCUT2D eigenvalue weighted by molar-refractivity contribution is -0.0292. The van der Waals surface area contributed by atoms with Gasteiger partial charge in [-0.15, -0.1) is 0 Å². The molecule has 0 aliphatic heterocycles. The smallest absolute Gasteiger partial charge is 0.197 e. The van der Waals surface area contributed by atoms with Gasteiger partial charge in [-0.05, 0) is 37.3 Å². The van der Waals surface area contributed by atoms with E-state index in [2.05, 4.69) is 6.92 Å². The van der Waals surface area contributed by atoms with Crippen molar-refractivity contribution in [1.82, 2.24) is 0 Å². The molecule has 1 unspecified atom stereocenters. The molecule has 0 aliphatic carbocycles. The number of aryl methyl sites for hydroxylation is 1. The zero-order valence-electron chi connectivity index (χ0n) is 16.3. The number of unbranched alkanes of at least 4 members (excludes halogenated alkanes) is 6. The lowest BCUT2D eigenvalue weighted by atomic mass is 9.86. The summed E-state index contributed by atoms with van der Waals surface area (Å²) in [6, 6.07) is 0.748. The van der Waals surface area contributed by atoms with Gasteiger partial charge in [-0.25, -0.2) is 17.6 Å². The summed E-state index contributed by atoms with van der Waals surface area (Å²) in [6.07, 6.45) is 10.4. The van der Waals surface area contributed by atoms with Crippen LogP contribution >= 0.6 is 0 Å². The van der Waals surface area contributed by atoms with Crippen molar-refractivity contribution in [2.45, 2.75) is 90.1 Å². The number of halogens is 4. The number of hydrogen-bond acceptors (Lipinski definition) is 1. The first-order valence-electron chi connectivity index (χ1n) is 9.77. The fourth-order valence-electron chi connectivity index (χ4n) is 3.40. The van der Waals surface area contributed by atoms with Gasteiger partial charge in [0.15, 0.2) is 23.3 Å². The average Bonchev–Trinajstić information content (AvgIpc) is 2.65. The zero-order valence-corrected chi connectivity index (χ0v) is 16.3. The molecular formula is C21H32F4O. The molecule has 1 atom stereocenters. The van der Waals surface area contributed by atoms with Gasteiger partial charge in [-0.1, -0.05) is 58.8 Å². The number of hydrogen-bond donors (Lipinski definition) is 0. The minimum atomic E-state index is -1.76. The van der Waals surface area contributed by atoms with E-state index in [-0.39, 0.29) is 12.0 Å². The maximum absolute atomic E-state index is 13.9. The molecule has 0 fully saturated rings. The SMILES string of the molecule is CCCCCCCCCC(CC)(CCc1cc(F)c(F)c(F)c1F)OC. The zero-order chi connectivity index (χ0) is 19.6. The van der Waals surface area contributed by atoms with Crippen LogP contribution in [0.5, 0.6) is 0 Å². The highest BCUT2D eigenvalue weighted by Crippen LogP contribution is 2.30. The highest BCUT2D eigenvalue weighted by Gasteiger charge is 2.28. The van der Waals surface area contributed by atoms with E-state index < -0.39 is 28.9 Å². The van der Waals surface area contributed by atoms with Crippen LogP contribution in [0.3, 0.4) is 0 Å². The Morgan fingerprint density at radius 2 is 1.42 bits per heavy atom. The molecule has 0 radical (unpaired) electrons. The highest BCUT2D eigenvalue weighted by molar-refractivity contribution is 5.22. The van der Waals surface area contributed by atoms with Crippen LogP contribution in [0.15, 0.2) is 6.07 Å². The Morgan fingerprint density at radius 3 is 2.00 bits per heavy atom. The van der Waals surface area contributed by atoms with E-state index in [0.29, 0.717) is 6.42 Å². The monoisotopic (exact) mass is 376 g/mol. The second kappa shape index (κ2) is 11.6. The third-order valence-corrected chi connectivity index (χ3v) is 5.34. The molecule has 1 nitrogen and oxygen atoms in total. The second-order valence-electron chi connectivity index (χ2n) is 7.07. The van der Waals surface area contributed by atoms with Crippen molar-refractivity contribution in [3.05, 3.63) is 34.9 Å². The van der Waals surface area contributed by atoms with Crippen molar-refractivity contribution in [3.8, 4) is 0 Å². The van der Waals surface area contributed by atoms with Crippen LogP contribution in [-0.2, 0) is 11.2 Å². The van der Waals surface area contributed by atoms with Crippen LogP contribution in [0, 0.1) is 23.3 Å². The molecule has 0 aromatic heterocycles. The van der Waals surface area contributed by atoms with Gasteiger partial charge in [0.05, 0.1) is 5.60 Å². The number of ether oxygens (including phenoxy) is 1. The Balaban J connectivity index is 2.59. The largest absolute Gasteiger partial charge is 0.378 e. The first-order valence-corrected chi connectivity index (χ1v) is 9.77. The molecule has 150 valence electrons. The second-order valence-corrected chi connectivity index (χ2v) is 7.07. The maximum Gasteiger partial charge on any atom is 0.197 e. The summed E-state index contributed by atoms with van der Waals surface area (Å²) in [4.78, 5) is 0. The Bertz CT molecular complexity index is 541. The minimum Gasteiger partial charge on any atom is -0.378 e. The van der Waals surface area contributed by atoms with Gasteiger partial charge in [0.1, 0.15) is 0 Å². The van der Waals surface area contributed by atoms with Crippen LogP contribution in [0.1, 0.15) is 83.6 Å². The van der Waals surface area contributed by atoms with Crippen molar-refractivity contribution < 1.29 is 22.3 Å². The van der Waals surface area contributed by atoms with Crippen LogP contribution in [0.4, 0.5) is 17.6 Å². The predicted molar refractivity (Wildman–Crippen MR) is 97.2 cm³/mol. The Kier molecular flexibility index (Phi) is 10.2. The quantitative estimate of drug-likeness (QED) is 0.154. The van der Waals surface area contributed by atoms with E-state index in [1.54, 1.807) is 7.11 Å². The normalized spacial score (nSPS) is 13.8. The van der Waals surface area contributed by atoms with Crippen molar-refractivity contribution in [3.63, 3.8) is 0 Å². The summed E-state index contributed by atoms with van der Waals surface area (Å²) < 4.78 is 59.4. The number of benzene rings is 1. The summed E-state index contributed by atoms with van der Waals surface area (Å²) in [7, 11) is 1.62. The lowest BCUT2D eigenvalue weighted by Crippen LogP contribution is -2.31. The summed E-state index contributed by atoms with van der Waals surface area (Å²) in [6.45, 7) is 4.18. The third-order valence-electron chi connectivity index (χ3n) is 5.34. The van der Waals surface area contributed by atoms with E-state index >= 15 is 0 Å². The number of rotatable bonds is 13. The molecular weight excluding hydrogens is 344 g/mol. The van der Waals surface area contributed by atoms with E-state index in [9.17, 15) is 17.6 Å². The van der Waals surface area contributed by atoms with E-state index in [0.717, 1.165) is 31.7 Å². The molecule has 0 aliphatic rings. The molecule has 0 saturated heterocycles. The Hall–Kier alpha value is -1.10. The summed E-state index contributed by atoms with van der Waals surface area (Å²) in [5, 5.41) is 0. The molecule has 0 spiro atoms. The Morgan fingerprint density at radius 1 is 0.808 bits per heavy atom. The van der Waals surface area contributed by atoms with Crippen LogP contribution in [0.2, 0.25) is 0 Å². The fourth-order valence-corrected chi connectivity index (χ4v) is 3.40. The molecule has 26 heavy (non-hydrogen) atoms. The van der Waals surface area contributed by atoms with E-state index in [1.165, 1.54) is 32.1 Å². The van der Waals surface area contributed by atoms with Gasteiger partial charge in [-0.2, -0.15) is 0 Å². The lowest BCUT2D eigenvalue weighted by Gasteiger charge is -2.32. The Labute approximate surface area is 155 Å². The van der Waals surface area contributed by atoms with Gasteiger partial charge in [0.2, 0.25) is 0 Å². The molecule has 5 heteroatoms. The highest BCUT2D eigenvalue weighted by atomic mass is 19.2. The van der Waals surface area contributed by atoms with Crippen LogP contribution in [-0.4, -0.2) is 12.7 Å². The summed E-state index contributed by atoms with van der Waals surface area (Å²) in [5.74, 6) is -6.17. The van der Waals surface area contributed by atoms with Crippen molar-refractivity contribution in [2.24, 2.45) is 0 Å². The molecule has 0 saturated carbocycles. The van der Waals surface area contributed by atoms with Crippen molar-refractivity contribution in [2.75, 3.05) is 7.11 Å². The molecule has 1 aromatic carbocycles. The van der Waals surface area contributed by atoms with Crippen molar-refractivity contribution >= 4 is 0 Å². The van der Waals surface area contributed by atoms with Crippen molar-refractivity contribution in [1.29, 1.82) is 0 Å². The van der Waals surface area contributed by atoms with Crippen LogP contribution in [0.25, 0.3) is 0 Å². The number of methoxy groups -OCH3 is 1. The van der Waals surface area contributed by atoms with Gasteiger partial charge in [-0.3, -0.25) is 0 Å². The van der Waals surface area contributed by atoms with E-state index in [1.807, 2.05) is 6.92 Å². The van der Waals surface area contributed by atoms with Gasteiger partial charge >= 0.3 is 0 Å². The average molecular weight is 376 g/mol. The molecule has 1 aromatic rings. The van der Waals surface area contributed by atoms with Crippen LogP contribution < -0.4 is 0 Å². The maximum atomic E-state index is 13.9. The summed E-state index contributed by atoms with van der Waals surface area (Å²) >= 11 is 0. The standard InChI is InChI=1S/C21H32F4O/c1-4-6-7-8-9-10-11-13-21(5-2,26-3)14-12-16-15-17(22)19(24)20(25)18(16)23/h15H,4-14H2,1-3H3. The fraction of sp³-hybridized carbons (Fsp3) is 0.714. The predicted octanol–water partition coefficient (Wildman–Crippen LogP) is 7.11. The first kappa shape index (κ1) is 22.9. The molecule has 1 rings (SSSR count). The third kappa shape index (κ3) is 6.57. The van der Waals surface area contributed by atoms with E-state index in [4.69, 9.17) is 4.74 Å². The molecule has 0 heterocycles. The summed E-state index contributed by atoms with van der Waals surface area (Å²) in [5.41, 5.74) is -0.590. The molecule has 0 N–H and O–H groups in total.